The third kappa shape index (κ3) is 3.96. The molecule has 0 atom stereocenters. The van der Waals surface area contributed by atoms with Gasteiger partial charge in [0.25, 0.3) is 0 Å². The molecule has 0 fully saturated rings. The van der Waals surface area contributed by atoms with Crippen LogP contribution in [0.25, 0.3) is 0 Å². The van der Waals surface area contributed by atoms with Crippen LogP contribution in [0, 0.1) is 34.8 Å². The van der Waals surface area contributed by atoms with Crippen LogP contribution in [0.15, 0.2) is 36.4 Å². The predicted octanol–water partition coefficient (Wildman–Crippen LogP) is 6.43. The summed E-state index contributed by atoms with van der Waals surface area (Å²) >= 11 is 4.30. The average Bonchev–Trinajstić information content (AvgIpc) is 2.62. The number of phenols is 3. The summed E-state index contributed by atoms with van der Waals surface area (Å²) in [6, 6.07) is 12.0. The van der Waals surface area contributed by atoms with E-state index in [1.54, 1.807) is 0 Å². The third-order valence-electron chi connectivity index (χ3n) is 5.07. The smallest absolute Gasteiger partial charge is 0.142 e. The van der Waals surface area contributed by atoms with Crippen LogP contribution in [0.4, 0.5) is 0 Å². The molecule has 0 spiro atoms. The molecule has 0 aromatic heterocycles. The Kier molecular flexibility index (Phi) is 6.14. The van der Waals surface area contributed by atoms with Crippen molar-refractivity contribution in [1.29, 1.82) is 0 Å². The Balaban J connectivity index is 2.32. The Labute approximate surface area is 192 Å². The zero-order valence-corrected chi connectivity index (χ0v) is 20.5. The van der Waals surface area contributed by atoms with E-state index in [9.17, 15) is 15.3 Å². The second-order valence-electron chi connectivity index (χ2n) is 7.27. The van der Waals surface area contributed by atoms with E-state index < -0.39 is 0 Å². The van der Waals surface area contributed by atoms with E-state index in [4.69, 9.17) is 0 Å². The van der Waals surface area contributed by atoms with Crippen molar-refractivity contribution in [3.8, 4) is 17.2 Å². The summed E-state index contributed by atoms with van der Waals surface area (Å²) < 4.78 is 1.59. The van der Waals surface area contributed by atoms with Crippen LogP contribution in [-0.4, -0.2) is 15.3 Å². The fourth-order valence-corrected chi connectivity index (χ4v) is 5.46. The first kappa shape index (κ1) is 21.2. The van der Waals surface area contributed by atoms with E-state index in [0.29, 0.717) is 17.2 Å². The number of hydrogen-bond donors (Lipinski definition) is 3. The molecule has 3 rings (SSSR count). The molecule has 3 N–H and O–H groups in total. The average molecular weight is 600 g/mol. The van der Waals surface area contributed by atoms with Crippen LogP contribution in [0.5, 0.6) is 17.2 Å². The van der Waals surface area contributed by atoms with Crippen molar-refractivity contribution < 1.29 is 15.3 Å². The van der Waals surface area contributed by atoms with E-state index in [1.807, 2.05) is 64.1 Å². The van der Waals surface area contributed by atoms with Crippen molar-refractivity contribution in [2.75, 3.05) is 0 Å². The van der Waals surface area contributed by atoms with Crippen molar-refractivity contribution in [1.82, 2.24) is 0 Å². The highest BCUT2D eigenvalue weighted by atomic mass is 127. The quantitative estimate of drug-likeness (QED) is 0.240. The van der Waals surface area contributed by atoms with Gasteiger partial charge in [-0.1, -0.05) is 24.3 Å². The molecule has 5 heteroatoms. The van der Waals surface area contributed by atoms with Gasteiger partial charge >= 0.3 is 0 Å². The molecule has 0 saturated heterocycles. The molecule has 0 amide bonds. The molecule has 146 valence electrons. The topological polar surface area (TPSA) is 60.7 Å². The molecular weight excluding hydrogens is 578 g/mol. The van der Waals surface area contributed by atoms with Crippen LogP contribution in [0.1, 0.15) is 44.9 Å². The maximum atomic E-state index is 10.2. The Bertz CT molecular complexity index is 868. The second kappa shape index (κ2) is 8.10. The van der Waals surface area contributed by atoms with Gasteiger partial charge in [-0.25, -0.2) is 0 Å². The highest BCUT2D eigenvalue weighted by Crippen LogP contribution is 2.40. The summed E-state index contributed by atoms with van der Waals surface area (Å²) in [5.41, 5.74) is 6.50. The van der Waals surface area contributed by atoms with Gasteiger partial charge in [0.2, 0.25) is 0 Å². The summed E-state index contributed by atoms with van der Waals surface area (Å²) in [5, 5.41) is 30.7. The molecule has 0 aliphatic carbocycles. The molecule has 28 heavy (non-hydrogen) atoms. The van der Waals surface area contributed by atoms with Crippen molar-refractivity contribution in [3.05, 3.63) is 82.5 Å². The first-order valence-electron chi connectivity index (χ1n) is 8.88. The third-order valence-corrected chi connectivity index (χ3v) is 6.71. The molecule has 0 unspecified atom stereocenters. The molecule has 0 radical (unpaired) electrons. The standard InChI is InChI=1S/C23H22I2O3/c1-11-5-15(6-12(2)21(11)26)20(16-7-13(3)22(27)14(4)8-16)17-9-18(24)23(28)19(25)10-17/h5-10,20,26-28H,1-4H3. The van der Waals surface area contributed by atoms with E-state index in [0.717, 1.165) is 46.1 Å². The van der Waals surface area contributed by atoms with Gasteiger partial charge in [0.15, 0.2) is 0 Å². The number of phenolic OH excluding ortho intramolecular Hbond substituents is 3. The summed E-state index contributed by atoms with van der Waals surface area (Å²) in [6.07, 6.45) is 0. The number of aromatic hydroxyl groups is 3. The van der Waals surface area contributed by atoms with Gasteiger partial charge < -0.3 is 15.3 Å². The Morgan fingerprint density at radius 2 is 0.821 bits per heavy atom. The normalized spacial score (nSPS) is 11.2. The predicted molar refractivity (Wildman–Crippen MR) is 130 cm³/mol. The first-order chi connectivity index (χ1) is 13.1. The number of hydrogen-bond acceptors (Lipinski definition) is 3. The van der Waals surface area contributed by atoms with Gasteiger partial charge in [0.05, 0.1) is 7.14 Å². The zero-order valence-electron chi connectivity index (χ0n) is 16.1. The van der Waals surface area contributed by atoms with Crippen molar-refractivity contribution in [2.24, 2.45) is 0 Å². The monoisotopic (exact) mass is 600 g/mol. The summed E-state index contributed by atoms with van der Waals surface area (Å²) in [4.78, 5) is 0. The van der Waals surface area contributed by atoms with E-state index in [-0.39, 0.29) is 5.92 Å². The summed E-state index contributed by atoms with van der Waals surface area (Å²) in [5.74, 6) is 0.837. The Hall–Kier alpha value is -1.48. The minimum atomic E-state index is -0.0846. The fraction of sp³-hybridized carbons (Fsp3) is 0.217. The van der Waals surface area contributed by atoms with Crippen LogP contribution >= 0.6 is 45.2 Å². The lowest BCUT2D eigenvalue weighted by Gasteiger charge is -2.23. The highest BCUT2D eigenvalue weighted by Gasteiger charge is 2.22. The molecule has 3 aromatic carbocycles. The summed E-state index contributed by atoms with van der Waals surface area (Å²) in [7, 11) is 0. The van der Waals surface area contributed by atoms with Gasteiger partial charge in [-0.2, -0.15) is 0 Å². The largest absolute Gasteiger partial charge is 0.507 e. The number of rotatable bonds is 3. The molecule has 0 bridgehead atoms. The maximum absolute atomic E-state index is 10.2. The van der Waals surface area contributed by atoms with Crippen LogP contribution in [-0.2, 0) is 0 Å². The van der Waals surface area contributed by atoms with Gasteiger partial charge in [0.1, 0.15) is 17.2 Å². The number of benzene rings is 3. The Morgan fingerprint density at radius 3 is 1.14 bits per heavy atom. The van der Waals surface area contributed by atoms with Crippen LogP contribution in [0.2, 0.25) is 0 Å². The fourth-order valence-electron chi connectivity index (χ4n) is 3.64. The molecular formula is C23H22I2O3. The Morgan fingerprint density at radius 1 is 0.536 bits per heavy atom. The lowest BCUT2D eigenvalue weighted by Crippen LogP contribution is -2.06. The van der Waals surface area contributed by atoms with Crippen molar-refractivity contribution in [2.45, 2.75) is 33.6 Å². The second-order valence-corrected chi connectivity index (χ2v) is 9.60. The number of aryl methyl sites for hydroxylation is 4. The lowest BCUT2D eigenvalue weighted by atomic mass is 9.82. The van der Waals surface area contributed by atoms with Crippen LogP contribution in [0.3, 0.4) is 0 Å². The molecule has 3 nitrogen and oxygen atoms in total. The van der Waals surface area contributed by atoms with Gasteiger partial charge in [-0.15, -0.1) is 0 Å². The first-order valence-corrected chi connectivity index (χ1v) is 11.0. The van der Waals surface area contributed by atoms with Crippen molar-refractivity contribution >= 4 is 45.2 Å². The van der Waals surface area contributed by atoms with E-state index in [1.165, 1.54) is 0 Å². The lowest BCUT2D eigenvalue weighted by molar-refractivity contribution is 0.466. The SMILES string of the molecule is Cc1cc(C(c2cc(C)c(O)c(C)c2)c2cc(I)c(O)c(I)c2)cc(C)c1O. The van der Waals surface area contributed by atoms with Gasteiger partial charge in [-0.05, 0) is 124 Å². The van der Waals surface area contributed by atoms with Crippen LogP contribution < -0.4 is 0 Å². The molecule has 0 aliphatic heterocycles. The molecule has 0 saturated carbocycles. The highest BCUT2D eigenvalue weighted by molar-refractivity contribution is 14.1. The van der Waals surface area contributed by atoms with E-state index in [2.05, 4.69) is 45.2 Å². The molecule has 3 aromatic rings. The number of halogens is 2. The van der Waals surface area contributed by atoms with Gasteiger partial charge in [-0.3, -0.25) is 0 Å². The van der Waals surface area contributed by atoms with E-state index >= 15 is 0 Å². The maximum Gasteiger partial charge on any atom is 0.142 e. The molecule has 0 aliphatic rings. The summed E-state index contributed by atoms with van der Waals surface area (Å²) in [6.45, 7) is 7.61. The minimum absolute atomic E-state index is 0.0846. The van der Waals surface area contributed by atoms with Crippen molar-refractivity contribution in [3.63, 3.8) is 0 Å². The molecule has 0 heterocycles. The van der Waals surface area contributed by atoms with Gasteiger partial charge in [0, 0.05) is 5.92 Å². The zero-order chi connectivity index (χ0) is 20.7. The minimum Gasteiger partial charge on any atom is -0.507 e.